The Bertz CT molecular complexity index is 949. The number of hydrogen-bond acceptors (Lipinski definition) is 4. The monoisotopic (exact) mass is 278 g/mol. The molecule has 6 heteroatoms. The van der Waals surface area contributed by atoms with Crippen LogP contribution in [0.1, 0.15) is 5.56 Å². The number of aryl methyl sites for hydroxylation is 1. The van der Waals surface area contributed by atoms with Crippen LogP contribution < -0.4 is 5.32 Å². The van der Waals surface area contributed by atoms with Crippen molar-refractivity contribution in [2.24, 2.45) is 0 Å². The summed E-state index contributed by atoms with van der Waals surface area (Å²) in [6, 6.07) is 4.19. The van der Waals surface area contributed by atoms with Crippen LogP contribution in [0.3, 0.4) is 0 Å². The van der Waals surface area contributed by atoms with E-state index in [1.165, 1.54) is 0 Å². The fourth-order valence-corrected chi connectivity index (χ4v) is 2.54. The molecule has 0 spiro atoms. The van der Waals surface area contributed by atoms with E-state index >= 15 is 0 Å². The lowest BCUT2D eigenvalue weighted by atomic mass is 10.1. The topological polar surface area (TPSA) is 70.9 Å². The number of H-pyrrole nitrogens is 1. The summed E-state index contributed by atoms with van der Waals surface area (Å²) in [6.45, 7) is 2.06. The van der Waals surface area contributed by atoms with Crippen molar-refractivity contribution in [2.75, 3.05) is 12.4 Å². The van der Waals surface area contributed by atoms with Gasteiger partial charge in [0.1, 0.15) is 5.65 Å². The van der Waals surface area contributed by atoms with Crippen molar-refractivity contribution in [1.29, 1.82) is 0 Å². The molecule has 0 unspecified atom stereocenters. The number of nitrogens with one attached hydrogen (secondary N) is 2. The van der Waals surface area contributed by atoms with Crippen molar-refractivity contribution < 1.29 is 0 Å². The number of rotatable bonds is 2. The molecule has 0 aromatic carbocycles. The van der Waals surface area contributed by atoms with Gasteiger partial charge in [0.2, 0.25) is 5.95 Å². The SMILES string of the molecule is CNc1ncc2c(-c3ccn4ncc(C)c4c3)c[nH]c2n1. The Kier molecular flexibility index (Phi) is 2.44. The van der Waals surface area contributed by atoms with Crippen LogP contribution >= 0.6 is 0 Å². The Morgan fingerprint density at radius 3 is 3.05 bits per heavy atom. The molecule has 0 aliphatic heterocycles. The first-order valence-corrected chi connectivity index (χ1v) is 6.72. The summed E-state index contributed by atoms with van der Waals surface area (Å²) in [5.41, 5.74) is 5.31. The molecule has 0 amide bonds. The van der Waals surface area contributed by atoms with Crippen LogP contribution in [0.5, 0.6) is 0 Å². The van der Waals surface area contributed by atoms with E-state index in [1.807, 2.05) is 35.4 Å². The fourth-order valence-electron chi connectivity index (χ4n) is 2.54. The van der Waals surface area contributed by atoms with E-state index in [4.69, 9.17) is 0 Å². The van der Waals surface area contributed by atoms with Crippen LogP contribution in [-0.2, 0) is 0 Å². The van der Waals surface area contributed by atoms with Crippen LogP contribution in [-0.4, -0.2) is 31.6 Å². The van der Waals surface area contributed by atoms with Crippen molar-refractivity contribution in [3.05, 3.63) is 42.5 Å². The molecule has 6 nitrogen and oxygen atoms in total. The molecule has 2 N–H and O–H groups in total. The Hall–Kier alpha value is -2.89. The van der Waals surface area contributed by atoms with Crippen molar-refractivity contribution in [2.45, 2.75) is 6.92 Å². The van der Waals surface area contributed by atoms with Gasteiger partial charge in [-0.15, -0.1) is 0 Å². The summed E-state index contributed by atoms with van der Waals surface area (Å²) in [6.07, 6.45) is 7.65. The maximum atomic E-state index is 4.41. The third-order valence-electron chi connectivity index (χ3n) is 3.68. The smallest absolute Gasteiger partial charge is 0.224 e. The number of aromatic amines is 1. The number of nitrogens with zero attached hydrogens (tertiary/aromatic N) is 4. The van der Waals surface area contributed by atoms with Gasteiger partial charge in [0.05, 0.1) is 11.7 Å². The fraction of sp³-hybridized carbons (Fsp3) is 0.133. The van der Waals surface area contributed by atoms with E-state index in [-0.39, 0.29) is 0 Å². The largest absolute Gasteiger partial charge is 0.357 e. The molecular weight excluding hydrogens is 264 g/mol. The molecule has 0 radical (unpaired) electrons. The summed E-state index contributed by atoms with van der Waals surface area (Å²) in [5, 5.41) is 8.25. The standard InChI is InChI=1S/C15H14N6/c1-9-6-19-21-4-3-10(5-13(9)21)11-7-17-14-12(11)8-18-15(16-2)20-14/h3-8H,1-2H3,(H2,16,17,18,20). The molecule has 4 aromatic rings. The number of aromatic nitrogens is 5. The molecule has 0 bridgehead atoms. The van der Waals surface area contributed by atoms with Gasteiger partial charge in [-0.3, -0.25) is 0 Å². The number of hydrogen-bond donors (Lipinski definition) is 2. The minimum absolute atomic E-state index is 0.609. The highest BCUT2D eigenvalue weighted by Gasteiger charge is 2.10. The maximum absolute atomic E-state index is 4.41. The second kappa shape index (κ2) is 4.31. The van der Waals surface area contributed by atoms with Crippen molar-refractivity contribution in [3.8, 4) is 11.1 Å². The van der Waals surface area contributed by atoms with Gasteiger partial charge in [-0.2, -0.15) is 10.1 Å². The molecule has 0 saturated heterocycles. The number of fused-ring (bicyclic) bond motifs is 2. The summed E-state index contributed by atoms with van der Waals surface area (Å²) in [4.78, 5) is 11.9. The minimum atomic E-state index is 0.609. The lowest BCUT2D eigenvalue weighted by molar-refractivity contribution is 0.962. The molecule has 0 saturated carbocycles. The van der Waals surface area contributed by atoms with Gasteiger partial charge in [0, 0.05) is 36.6 Å². The van der Waals surface area contributed by atoms with Gasteiger partial charge >= 0.3 is 0 Å². The van der Waals surface area contributed by atoms with E-state index in [1.54, 1.807) is 7.05 Å². The maximum Gasteiger partial charge on any atom is 0.224 e. The first-order chi connectivity index (χ1) is 10.3. The average Bonchev–Trinajstić information content (AvgIpc) is 3.10. The van der Waals surface area contributed by atoms with E-state index in [0.29, 0.717) is 5.95 Å². The average molecular weight is 278 g/mol. The van der Waals surface area contributed by atoms with Gasteiger partial charge < -0.3 is 10.3 Å². The minimum Gasteiger partial charge on any atom is -0.357 e. The summed E-state index contributed by atoms with van der Waals surface area (Å²) in [5.74, 6) is 0.609. The first kappa shape index (κ1) is 11.9. The second-order valence-electron chi connectivity index (χ2n) is 4.98. The Morgan fingerprint density at radius 1 is 1.29 bits per heavy atom. The van der Waals surface area contributed by atoms with Gasteiger partial charge in [-0.25, -0.2) is 9.50 Å². The lowest BCUT2D eigenvalue weighted by Gasteiger charge is -2.02. The normalized spacial score (nSPS) is 11.3. The van der Waals surface area contributed by atoms with Crippen molar-refractivity contribution >= 4 is 22.5 Å². The predicted octanol–water partition coefficient (Wildman–Crippen LogP) is 2.62. The molecule has 4 aromatic heterocycles. The Balaban J connectivity index is 1.93. The van der Waals surface area contributed by atoms with E-state index in [9.17, 15) is 0 Å². The van der Waals surface area contributed by atoms with Crippen LogP contribution in [0, 0.1) is 6.92 Å². The Labute approximate surface area is 120 Å². The molecule has 104 valence electrons. The summed E-state index contributed by atoms with van der Waals surface area (Å²) in [7, 11) is 1.81. The second-order valence-corrected chi connectivity index (χ2v) is 4.98. The molecule has 0 aliphatic rings. The summed E-state index contributed by atoms with van der Waals surface area (Å²) < 4.78 is 1.88. The van der Waals surface area contributed by atoms with Crippen molar-refractivity contribution in [3.63, 3.8) is 0 Å². The molecule has 4 heterocycles. The van der Waals surface area contributed by atoms with Crippen molar-refractivity contribution in [1.82, 2.24) is 24.6 Å². The first-order valence-electron chi connectivity index (χ1n) is 6.72. The van der Waals surface area contributed by atoms with Gasteiger partial charge in [-0.1, -0.05) is 0 Å². The molecule has 0 aliphatic carbocycles. The van der Waals surface area contributed by atoms with Crippen LogP contribution in [0.2, 0.25) is 0 Å². The van der Waals surface area contributed by atoms with Crippen LogP contribution in [0.4, 0.5) is 5.95 Å². The molecule has 0 atom stereocenters. The molecule has 21 heavy (non-hydrogen) atoms. The molecule has 0 fully saturated rings. The van der Waals surface area contributed by atoms with Gasteiger partial charge in [0.15, 0.2) is 0 Å². The molecule has 4 rings (SSSR count). The van der Waals surface area contributed by atoms with E-state index < -0.39 is 0 Å². The van der Waals surface area contributed by atoms with Crippen LogP contribution in [0.25, 0.3) is 27.7 Å². The quantitative estimate of drug-likeness (QED) is 0.591. The highest BCUT2D eigenvalue weighted by molar-refractivity contribution is 5.94. The lowest BCUT2D eigenvalue weighted by Crippen LogP contribution is -1.95. The zero-order valence-electron chi connectivity index (χ0n) is 11.8. The Morgan fingerprint density at radius 2 is 2.19 bits per heavy atom. The zero-order valence-corrected chi connectivity index (χ0v) is 11.8. The van der Waals surface area contributed by atoms with Gasteiger partial charge in [-0.05, 0) is 30.2 Å². The predicted molar refractivity (Wildman–Crippen MR) is 82.4 cm³/mol. The van der Waals surface area contributed by atoms with E-state index in [2.05, 4.69) is 38.4 Å². The number of pyridine rings is 1. The third-order valence-corrected chi connectivity index (χ3v) is 3.68. The highest BCUT2D eigenvalue weighted by Crippen LogP contribution is 2.29. The van der Waals surface area contributed by atoms with E-state index in [0.717, 1.165) is 33.2 Å². The van der Waals surface area contributed by atoms with Crippen LogP contribution in [0.15, 0.2) is 36.9 Å². The highest BCUT2D eigenvalue weighted by atomic mass is 15.2. The zero-order chi connectivity index (χ0) is 14.4. The third kappa shape index (κ3) is 1.76. The van der Waals surface area contributed by atoms with Gasteiger partial charge in [0.25, 0.3) is 0 Å². The molecular formula is C15H14N6. The number of anilines is 1. The summed E-state index contributed by atoms with van der Waals surface area (Å²) >= 11 is 0.